The molecule has 0 aliphatic heterocycles. The number of rotatable bonds is 4. The van der Waals surface area contributed by atoms with Crippen molar-refractivity contribution in [3.63, 3.8) is 0 Å². The number of carboxylic acid groups (broad SMARTS) is 1. The van der Waals surface area contributed by atoms with Gasteiger partial charge in [0.1, 0.15) is 0 Å². The van der Waals surface area contributed by atoms with Gasteiger partial charge in [-0.25, -0.2) is 0 Å². The first-order chi connectivity index (χ1) is 13.6. The maximum atomic E-state index is 11.5. The van der Waals surface area contributed by atoms with Crippen molar-refractivity contribution in [2.45, 2.75) is 96.9 Å². The molecular weight excluding hydrogens is 368 g/mol. The summed E-state index contributed by atoms with van der Waals surface area (Å²) in [5.41, 5.74) is -0.143. The van der Waals surface area contributed by atoms with Crippen molar-refractivity contribution in [1.29, 1.82) is 0 Å². The van der Waals surface area contributed by atoms with Crippen molar-refractivity contribution >= 4 is 5.97 Å². The van der Waals surface area contributed by atoms with Crippen molar-refractivity contribution in [2.24, 2.45) is 46.3 Å². The van der Waals surface area contributed by atoms with Gasteiger partial charge in [0.2, 0.25) is 0 Å². The Labute approximate surface area is 174 Å². The SMILES string of the molecule is C[C@H](CCC(=O)O)[C@H]1CC[C@H]2[C@@H]3[C@H](O)C[C@H]4C[C@H](O)CC[C@]4(C)[C@H]3CC(O)[C@]12C. The summed E-state index contributed by atoms with van der Waals surface area (Å²) >= 11 is 0. The van der Waals surface area contributed by atoms with Crippen LogP contribution in [0.1, 0.15) is 78.6 Å². The second-order valence-corrected chi connectivity index (χ2v) is 11.4. The zero-order chi connectivity index (χ0) is 21.1. The average Bonchev–Trinajstić information content (AvgIpc) is 3.01. The third-order valence-electron chi connectivity index (χ3n) is 10.3. The van der Waals surface area contributed by atoms with E-state index >= 15 is 0 Å². The fraction of sp³-hybridized carbons (Fsp3) is 0.958. The third kappa shape index (κ3) is 3.27. The lowest BCUT2D eigenvalue weighted by molar-refractivity contribution is -0.207. The van der Waals surface area contributed by atoms with Crippen LogP contribution in [0.5, 0.6) is 0 Å². The molecule has 0 aromatic heterocycles. The number of carbonyl (C=O) groups is 1. The van der Waals surface area contributed by atoms with Crippen molar-refractivity contribution in [2.75, 3.05) is 0 Å². The molecule has 0 spiro atoms. The summed E-state index contributed by atoms with van der Waals surface area (Å²) in [6.07, 6.45) is 6.00. The molecule has 4 N–H and O–H groups in total. The molecule has 0 bridgehead atoms. The van der Waals surface area contributed by atoms with Crippen LogP contribution < -0.4 is 0 Å². The van der Waals surface area contributed by atoms with E-state index in [0.29, 0.717) is 30.1 Å². The highest BCUT2D eigenvalue weighted by Gasteiger charge is 2.65. The molecule has 29 heavy (non-hydrogen) atoms. The lowest BCUT2D eigenvalue weighted by Gasteiger charge is -2.63. The summed E-state index contributed by atoms with van der Waals surface area (Å²) in [5, 5.41) is 42.0. The number of carboxylic acids is 1. The standard InChI is InChI=1S/C24H40O5/c1-13(4-7-21(28)29)16-5-6-17-22-18(12-20(27)24(16,17)3)23(2)9-8-15(25)10-14(23)11-19(22)26/h13-20,22,25-27H,4-12H2,1-3H3,(H,28,29)/t13-,14-,15-,16-,17+,18+,19-,20?,22+,23+,24-/m1/s1. The molecule has 11 atom stereocenters. The summed E-state index contributed by atoms with van der Waals surface area (Å²) < 4.78 is 0. The van der Waals surface area contributed by atoms with E-state index in [1.807, 2.05) is 0 Å². The minimum Gasteiger partial charge on any atom is -0.481 e. The molecule has 5 heteroatoms. The van der Waals surface area contributed by atoms with Gasteiger partial charge in [0, 0.05) is 6.42 Å². The molecule has 4 fully saturated rings. The maximum absolute atomic E-state index is 11.5. The first-order valence-electron chi connectivity index (χ1n) is 11.8. The summed E-state index contributed by atoms with van der Waals surface area (Å²) in [6, 6.07) is 0. The van der Waals surface area contributed by atoms with Crippen molar-refractivity contribution in [1.82, 2.24) is 0 Å². The molecule has 4 aliphatic rings. The van der Waals surface area contributed by atoms with Gasteiger partial charge in [-0.15, -0.1) is 0 Å². The quantitative estimate of drug-likeness (QED) is 0.571. The number of fused-ring (bicyclic) bond motifs is 5. The predicted octanol–water partition coefficient (Wildman–Crippen LogP) is 3.45. The molecule has 4 rings (SSSR count). The molecule has 1 unspecified atom stereocenters. The lowest BCUT2D eigenvalue weighted by Crippen LogP contribution is -2.62. The molecule has 0 aromatic carbocycles. The van der Waals surface area contributed by atoms with E-state index in [9.17, 15) is 20.1 Å². The fourth-order valence-corrected chi connectivity index (χ4v) is 8.68. The molecule has 5 nitrogen and oxygen atoms in total. The van der Waals surface area contributed by atoms with Gasteiger partial charge in [0.15, 0.2) is 0 Å². The van der Waals surface area contributed by atoms with Crippen LogP contribution in [-0.4, -0.2) is 44.7 Å². The molecule has 0 amide bonds. The molecule has 0 saturated heterocycles. The number of aliphatic hydroxyl groups is 3. The minimum absolute atomic E-state index is 0.0957. The van der Waals surface area contributed by atoms with Gasteiger partial charge in [-0.05, 0) is 97.7 Å². The normalized spacial score (nSPS) is 52.9. The zero-order valence-corrected chi connectivity index (χ0v) is 18.3. The van der Waals surface area contributed by atoms with E-state index in [4.69, 9.17) is 5.11 Å². The maximum Gasteiger partial charge on any atom is 0.303 e. The first-order valence-corrected chi connectivity index (χ1v) is 11.8. The van der Waals surface area contributed by atoms with Crippen LogP contribution in [0.3, 0.4) is 0 Å². The Morgan fingerprint density at radius 2 is 1.76 bits per heavy atom. The van der Waals surface area contributed by atoms with Crippen molar-refractivity contribution in [3.05, 3.63) is 0 Å². The van der Waals surface area contributed by atoms with E-state index in [1.54, 1.807) is 0 Å². The van der Waals surface area contributed by atoms with E-state index in [1.165, 1.54) is 0 Å². The van der Waals surface area contributed by atoms with Gasteiger partial charge in [-0.3, -0.25) is 4.79 Å². The van der Waals surface area contributed by atoms with Crippen molar-refractivity contribution < 1.29 is 25.2 Å². The molecule has 4 saturated carbocycles. The smallest absolute Gasteiger partial charge is 0.303 e. The Balaban J connectivity index is 1.61. The fourth-order valence-electron chi connectivity index (χ4n) is 8.68. The van der Waals surface area contributed by atoms with E-state index < -0.39 is 12.1 Å². The molecule has 0 aromatic rings. The summed E-state index contributed by atoms with van der Waals surface area (Å²) in [4.78, 5) is 11.1. The van der Waals surface area contributed by atoms with Crippen LogP contribution >= 0.6 is 0 Å². The monoisotopic (exact) mass is 408 g/mol. The van der Waals surface area contributed by atoms with Gasteiger partial charge >= 0.3 is 5.97 Å². The van der Waals surface area contributed by atoms with Gasteiger partial charge in [-0.2, -0.15) is 0 Å². The molecular formula is C24H40O5. The van der Waals surface area contributed by atoms with Gasteiger partial charge in [0.05, 0.1) is 18.3 Å². The molecule has 166 valence electrons. The predicted molar refractivity (Wildman–Crippen MR) is 110 cm³/mol. The third-order valence-corrected chi connectivity index (χ3v) is 10.3. The number of hydrogen-bond donors (Lipinski definition) is 4. The number of aliphatic carboxylic acids is 1. The van der Waals surface area contributed by atoms with Gasteiger partial charge in [-0.1, -0.05) is 20.8 Å². The van der Waals surface area contributed by atoms with E-state index in [-0.39, 0.29) is 41.3 Å². The van der Waals surface area contributed by atoms with Crippen LogP contribution in [0.25, 0.3) is 0 Å². The van der Waals surface area contributed by atoms with Crippen molar-refractivity contribution in [3.8, 4) is 0 Å². The highest BCUT2D eigenvalue weighted by Crippen LogP contribution is 2.68. The minimum atomic E-state index is -0.748. The summed E-state index contributed by atoms with van der Waals surface area (Å²) in [6.45, 7) is 6.72. The Morgan fingerprint density at radius 3 is 2.45 bits per heavy atom. The second-order valence-electron chi connectivity index (χ2n) is 11.4. The summed E-state index contributed by atoms with van der Waals surface area (Å²) in [5.74, 6) is 0.997. The second kappa shape index (κ2) is 7.49. The molecule has 4 aliphatic carbocycles. The van der Waals surface area contributed by atoms with Gasteiger partial charge < -0.3 is 20.4 Å². The summed E-state index contributed by atoms with van der Waals surface area (Å²) in [7, 11) is 0. The Hall–Kier alpha value is -0.650. The van der Waals surface area contributed by atoms with Crippen LogP contribution in [-0.2, 0) is 4.79 Å². The molecule has 0 radical (unpaired) electrons. The van der Waals surface area contributed by atoms with Crippen LogP contribution in [0.4, 0.5) is 0 Å². The Kier molecular flexibility index (Phi) is 5.57. The Bertz CT molecular complexity index is 637. The van der Waals surface area contributed by atoms with E-state index in [2.05, 4.69) is 20.8 Å². The largest absolute Gasteiger partial charge is 0.481 e. The van der Waals surface area contributed by atoms with Crippen LogP contribution in [0, 0.1) is 46.3 Å². The van der Waals surface area contributed by atoms with E-state index in [0.717, 1.165) is 44.9 Å². The van der Waals surface area contributed by atoms with Crippen LogP contribution in [0.2, 0.25) is 0 Å². The van der Waals surface area contributed by atoms with Gasteiger partial charge in [0.25, 0.3) is 0 Å². The topological polar surface area (TPSA) is 98.0 Å². The highest BCUT2D eigenvalue weighted by molar-refractivity contribution is 5.66. The Morgan fingerprint density at radius 1 is 1.03 bits per heavy atom. The number of aliphatic hydroxyl groups excluding tert-OH is 3. The number of hydrogen-bond acceptors (Lipinski definition) is 4. The van der Waals surface area contributed by atoms with Crippen LogP contribution in [0.15, 0.2) is 0 Å². The molecule has 0 heterocycles. The average molecular weight is 409 g/mol. The highest BCUT2D eigenvalue weighted by atomic mass is 16.4. The lowest BCUT2D eigenvalue weighted by atomic mass is 9.43. The zero-order valence-electron chi connectivity index (χ0n) is 18.3. The first kappa shape index (κ1) is 21.6.